The Kier molecular flexibility index (Phi) is 5.58. The molecule has 150 valence electrons. The second-order valence-corrected chi connectivity index (χ2v) is 7.56. The number of hydrogen-bond donors (Lipinski definition) is 1. The molecule has 9 heteroatoms. The minimum absolute atomic E-state index is 0.211. The fraction of sp³-hybridized carbons (Fsp3) is 0.200. The highest BCUT2D eigenvalue weighted by Crippen LogP contribution is 2.39. The van der Waals surface area contributed by atoms with Gasteiger partial charge in [-0.3, -0.25) is 4.79 Å². The molecule has 0 bridgehead atoms. The SMILES string of the molecule is Cc1onc(-c2c(Cl)cccc2Cl)c1C(=O)Nc1cc2c(cc1Cl)OCCCO2. The molecule has 0 fully saturated rings. The number of hydrogen-bond acceptors (Lipinski definition) is 5. The number of aryl methyl sites for hydroxylation is 1. The van der Waals surface area contributed by atoms with E-state index in [1.165, 1.54) is 0 Å². The van der Waals surface area contributed by atoms with Crippen LogP contribution in [0.3, 0.4) is 0 Å². The van der Waals surface area contributed by atoms with Crippen molar-refractivity contribution in [2.45, 2.75) is 13.3 Å². The zero-order chi connectivity index (χ0) is 20.5. The van der Waals surface area contributed by atoms with Crippen molar-refractivity contribution in [1.29, 1.82) is 0 Å². The maximum atomic E-state index is 13.1. The molecule has 1 aliphatic rings. The first-order chi connectivity index (χ1) is 14.0. The van der Waals surface area contributed by atoms with E-state index in [1.807, 2.05) is 0 Å². The number of anilines is 1. The van der Waals surface area contributed by atoms with E-state index < -0.39 is 5.91 Å². The van der Waals surface area contributed by atoms with Crippen LogP contribution in [0.15, 0.2) is 34.9 Å². The molecule has 0 radical (unpaired) electrons. The van der Waals surface area contributed by atoms with Crippen molar-refractivity contribution in [2.75, 3.05) is 18.5 Å². The van der Waals surface area contributed by atoms with E-state index in [4.69, 9.17) is 48.8 Å². The zero-order valence-electron chi connectivity index (χ0n) is 15.2. The molecule has 0 unspecified atom stereocenters. The Labute approximate surface area is 181 Å². The Balaban J connectivity index is 1.70. The molecular weight excluding hydrogens is 439 g/mol. The van der Waals surface area contributed by atoms with Crippen molar-refractivity contribution in [2.24, 2.45) is 0 Å². The van der Waals surface area contributed by atoms with Gasteiger partial charge in [-0.15, -0.1) is 0 Å². The molecular formula is C20H15Cl3N2O4. The second kappa shape index (κ2) is 8.14. The molecule has 2 aromatic carbocycles. The van der Waals surface area contributed by atoms with Crippen LogP contribution in [0.4, 0.5) is 5.69 Å². The van der Waals surface area contributed by atoms with Crippen LogP contribution in [0.1, 0.15) is 22.5 Å². The van der Waals surface area contributed by atoms with E-state index >= 15 is 0 Å². The first-order valence-corrected chi connectivity index (χ1v) is 9.90. The van der Waals surface area contributed by atoms with Crippen molar-refractivity contribution in [3.05, 3.63) is 56.7 Å². The molecule has 0 saturated carbocycles. The van der Waals surface area contributed by atoms with Crippen LogP contribution in [0.5, 0.6) is 11.5 Å². The number of ether oxygens (including phenoxy) is 2. The first-order valence-electron chi connectivity index (χ1n) is 8.77. The summed E-state index contributed by atoms with van der Waals surface area (Å²) in [5, 5.41) is 7.80. The van der Waals surface area contributed by atoms with E-state index in [0.717, 1.165) is 6.42 Å². The maximum Gasteiger partial charge on any atom is 0.261 e. The number of nitrogens with zero attached hydrogens (tertiary/aromatic N) is 1. The largest absolute Gasteiger partial charge is 0.490 e. The third kappa shape index (κ3) is 3.88. The Morgan fingerprint density at radius 3 is 2.38 bits per heavy atom. The third-order valence-corrected chi connectivity index (χ3v) is 5.32. The number of fused-ring (bicyclic) bond motifs is 1. The average molecular weight is 454 g/mol. The van der Waals surface area contributed by atoms with Gasteiger partial charge >= 0.3 is 0 Å². The highest BCUT2D eigenvalue weighted by atomic mass is 35.5. The molecule has 1 aliphatic heterocycles. The van der Waals surface area contributed by atoms with E-state index in [1.54, 1.807) is 37.3 Å². The summed E-state index contributed by atoms with van der Waals surface area (Å²) in [5.41, 5.74) is 1.25. The van der Waals surface area contributed by atoms with Crippen LogP contribution in [0.2, 0.25) is 15.1 Å². The highest BCUT2D eigenvalue weighted by Gasteiger charge is 2.26. The van der Waals surface area contributed by atoms with E-state index in [0.29, 0.717) is 56.8 Å². The lowest BCUT2D eigenvalue weighted by Gasteiger charge is -2.13. The molecule has 4 rings (SSSR count). The lowest BCUT2D eigenvalue weighted by atomic mass is 10.1. The standard InChI is InChI=1S/C20H15Cl3N2O4/c1-10-17(19(25-29-10)18-11(21)4-2-5-12(18)22)20(26)24-14-9-16-15(8-13(14)23)27-6-3-7-28-16/h2,4-5,8-9H,3,6-7H2,1H3,(H,24,26). The average Bonchev–Trinajstić information content (AvgIpc) is 2.90. The van der Waals surface area contributed by atoms with Gasteiger partial charge in [0.15, 0.2) is 11.5 Å². The van der Waals surface area contributed by atoms with Gasteiger partial charge in [-0.2, -0.15) is 0 Å². The molecule has 0 saturated heterocycles. The number of carbonyl (C=O) groups is 1. The summed E-state index contributed by atoms with van der Waals surface area (Å²) in [6, 6.07) is 8.28. The van der Waals surface area contributed by atoms with E-state index in [2.05, 4.69) is 10.5 Å². The molecule has 1 N–H and O–H groups in total. The lowest BCUT2D eigenvalue weighted by Crippen LogP contribution is -2.14. The molecule has 29 heavy (non-hydrogen) atoms. The van der Waals surface area contributed by atoms with Gasteiger partial charge in [0.2, 0.25) is 0 Å². The highest BCUT2D eigenvalue weighted by molar-refractivity contribution is 6.39. The Morgan fingerprint density at radius 1 is 1.03 bits per heavy atom. The molecule has 0 aliphatic carbocycles. The van der Waals surface area contributed by atoms with Crippen LogP contribution in [0.25, 0.3) is 11.3 Å². The Bertz CT molecular complexity index is 1080. The fourth-order valence-electron chi connectivity index (χ4n) is 3.00. The summed E-state index contributed by atoms with van der Waals surface area (Å²) >= 11 is 18.9. The summed E-state index contributed by atoms with van der Waals surface area (Å²) in [4.78, 5) is 13.1. The van der Waals surface area contributed by atoms with Gasteiger partial charge in [0.25, 0.3) is 5.91 Å². The van der Waals surface area contributed by atoms with Crippen molar-refractivity contribution < 1.29 is 18.8 Å². The smallest absolute Gasteiger partial charge is 0.261 e. The Morgan fingerprint density at radius 2 is 1.69 bits per heavy atom. The molecule has 1 aromatic heterocycles. The molecule has 0 spiro atoms. The van der Waals surface area contributed by atoms with E-state index in [-0.39, 0.29) is 11.3 Å². The molecule has 0 atom stereocenters. The zero-order valence-corrected chi connectivity index (χ0v) is 17.5. The monoisotopic (exact) mass is 452 g/mol. The van der Waals surface area contributed by atoms with Crippen LogP contribution < -0.4 is 14.8 Å². The number of nitrogens with one attached hydrogen (secondary N) is 1. The second-order valence-electron chi connectivity index (χ2n) is 6.34. The number of carbonyl (C=O) groups excluding carboxylic acids is 1. The number of amides is 1. The van der Waals surface area contributed by atoms with Crippen molar-refractivity contribution in [3.8, 4) is 22.8 Å². The summed E-state index contributed by atoms with van der Waals surface area (Å²) in [6.07, 6.45) is 0.760. The van der Waals surface area contributed by atoms with E-state index in [9.17, 15) is 4.79 Å². The van der Waals surface area contributed by atoms with Gasteiger partial charge < -0.3 is 19.3 Å². The molecule has 2 heterocycles. The summed E-state index contributed by atoms with van der Waals surface area (Å²) in [6.45, 7) is 2.69. The van der Waals surface area contributed by atoms with Crippen LogP contribution in [0, 0.1) is 6.92 Å². The van der Waals surface area contributed by atoms with Gasteiger partial charge in [-0.25, -0.2) is 0 Å². The van der Waals surface area contributed by atoms with Crippen molar-refractivity contribution >= 4 is 46.4 Å². The maximum absolute atomic E-state index is 13.1. The lowest BCUT2D eigenvalue weighted by molar-refractivity contribution is 0.102. The minimum Gasteiger partial charge on any atom is -0.490 e. The fourth-order valence-corrected chi connectivity index (χ4v) is 3.78. The molecule has 3 aromatic rings. The summed E-state index contributed by atoms with van der Waals surface area (Å²) < 4.78 is 16.5. The van der Waals surface area contributed by atoms with Gasteiger partial charge in [-0.1, -0.05) is 46.0 Å². The van der Waals surface area contributed by atoms with Crippen molar-refractivity contribution in [3.63, 3.8) is 0 Å². The third-order valence-electron chi connectivity index (χ3n) is 4.37. The van der Waals surface area contributed by atoms with Gasteiger partial charge in [0, 0.05) is 24.1 Å². The van der Waals surface area contributed by atoms with Crippen LogP contribution in [-0.2, 0) is 0 Å². The van der Waals surface area contributed by atoms with Crippen LogP contribution >= 0.6 is 34.8 Å². The van der Waals surface area contributed by atoms with Crippen LogP contribution in [-0.4, -0.2) is 24.3 Å². The predicted molar refractivity (Wildman–Crippen MR) is 112 cm³/mol. The molecule has 6 nitrogen and oxygen atoms in total. The summed E-state index contributed by atoms with van der Waals surface area (Å²) in [5.74, 6) is 0.902. The number of benzene rings is 2. The number of aromatic nitrogens is 1. The van der Waals surface area contributed by atoms with Gasteiger partial charge in [-0.05, 0) is 19.1 Å². The predicted octanol–water partition coefficient (Wildman–Crippen LogP) is 6.02. The number of rotatable bonds is 3. The number of halogens is 3. The van der Waals surface area contributed by atoms with Gasteiger partial charge in [0.1, 0.15) is 17.0 Å². The summed E-state index contributed by atoms with van der Waals surface area (Å²) in [7, 11) is 0. The first kappa shape index (κ1) is 19.9. The van der Waals surface area contributed by atoms with Crippen molar-refractivity contribution in [1.82, 2.24) is 5.16 Å². The normalized spacial score (nSPS) is 13.1. The van der Waals surface area contributed by atoms with Gasteiger partial charge in [0.05, 0.1) is 34.0 Å². The Hall–Kier alpha value is -2.41. The minimum atomic E-state index is -0.467. The quantitative estimate of drug-likeness (QED) is 0.524. The topological polar surface area (TPSA) is 73.6 Å². The molecule has 1 amide bonds.